The van der Waals surface area contributed by atoms with Gasteiger partial charge in [-0.25, -0.2) is 0 Å². The predicted octanol–water partition coefficient (Wildman–Crippen LogP) is 2.06. The quantitative estimate of drug-likeness (QED) is 0.735. The van der Waals surface area contributed by atoms with E-state index in [0.29, 0.717) is 6.61 Å². The van der Waals surface area contributed by atoms with Gasteiger partial charge in [0.1, 0.15) is 18.1 Å². The highest BCUT2D eigenvalue weighted by molar-refractivity contribution is 5.21. The molecule has 0 saturated heterocycles. The summed E-state index contributed by atoms with van der Waals surface area (Å²) < 4.78 is 5.49. The van der Waals surface area contributed by atoms with Crippen LogP contribution >= 0.6 is 0 Å². The van der Waals surface area contributed by atoms with Crippen LogP contribution in [0.4, 0.5) is 0 Å². The van der Waals surface area contributed by atoms with Gasteiger partial charge in [-0.1, -0.05) is 18.2 Å². The van der Waals surface area contributed by atoms with Crippen LogP contribution < -0.4 is 4.74 Å². The minimum Gasteiger partial charge on any atom is -0.487 e. The fourth-order valence-corrected chi connectivity index (χ4v) is 1.08. The van der Waals surface area contributed by atoms with Crippen molar-refractivity contribution in [3.05, 3.63) is 54.4 Å². The fraction of sp³-hybridized carbons (Fsp3) is 0.0909. The molecule has 3 heteroatoms. The molecular formula is C11H10N2O. The third-order valence-corrected chi connectivity index (χ3v) is 1.76. The van der Waals surface area contributed by atoms with E-state index in [4.69, 9.17) is 4.74 Å². The van der Waals surface area contributed by atoms with Crippen LogP contribution in [0.25, 0.3) is 0 Å². The first-order valence-electron chi connectivity index (χ1n) is 4.39. The van der Waals surface area contributed by atoms with Crippen molar-refractivity contribution in [1.29, 1.82) is 0 Å². The second-order valence-corrected chi connectivity index (χ2v) is 2.82. The Bertz CT molecular complexity index is 336. The summed E-state index contributed by atoms with van der Waals surface area (Å²) in [4.78, 5) is 0. The summed E-state index contributed by atoms with van der Waals surface area (Å²) in [6, 6.07) is 13.4. The first kappa shape index (κ1) is 8.69. The summed E-state index contributed by atoms with van der Waals surface area (Å²) in [7, 11) is 0. The smallest absolute Gasteiger partial charge is 0.132 e. The van der Waals surface area contributed by atoms with E-state index in [1.807, 2.05) is 42.5 Å². The maximum Gasteiger partial charge on any atom is 0.132 e. The van der Waals surface area contributed by atoms with E-state index in [9.17, 15) is 0 Å². The van der Waals surface area contributed by atoms with Crippen LogP contribution in [0, 0.1) is 0 Å². The van der Waals surface area contributed by atoms with Crippen molar-refractivity contribution in [2.75, 3.05) is 0 Å². The Labute approximate surface area is 82.4 Å². The van der Waals surface area contributed by atoms with Crippen LogP contribution in [-0.2, 0) is 6.61 Å². The van der Waals surface area contributed by atoms with Crippen molar-refractivity contribution in [3.63, 3.8) is 0 Å². The number of rotatable bonds is 3. The van der Waals surface area contributed by atoms with Gasteiger partial charge in [-0.2, -0.15) is 10.2 Å². The molecule has 3 nitrogen and oxygen atoms in total. The average Bonchev–Trinajstić information content (AvgIpc) is 2.29. The number of para-hydroxylation sites is 1. The standard InChI is InChI=1S/C11H10N2O/c1-2-6-11(7-3-1)14-9-10-5-4-8-12-13-10/h1-8H,9H2. The van der Waals surface area contributed by atoms with E-state index < -0.39 is 0 Å². The minimum absolute atomic E-state index is 0.456. The topological polar surface area (TPSA) is 35.0 Å². The Kier molecular flexibility index (Phi) is 2.71. The summed E-state index contributed by atoms with van der Waals surface area (Å²) in [5.41, 5.74) is 0.830. The van der Waals surface area contributed by atoms with Gasteiger partial charge < -0.3 is 4.74 Å². The van der Waals surface area contributed by atoms with Gasteiger partial charge in [0.25, 0.3) is 0 Å². The van der Waals surface area contributed by atoms with E-state index in [1.165, 1.54) is 0 Å². The molecule has 0 saturated carbocycles. The highest BCUT2D eigenvalue weighted by Gasteiger charge is 1.94. The molecule has 0 unspecified atom stereocenters. The number of hydrogen-bond acceptors (Lipinski definition) is 3. The third kappa shape index (κ3) is 2.29. The number of ether oxygens (including phenoxy) is 1. The largest absolute Gasteiger partial charge is 0.487 e. The molecule has 0 aliphatic rings. The highest BCUT2D eigenvalue weighted by Crippen LogP contribution is 2.09. The molecular weight excluding hydrogens is 176 g/mol. The van der Waals surface area contributed by atoms with Crippen molar-refractivity contribution >= 4 is 0 Å². The van der Waals surface area contributed by atoms with Crippen molar-refractivity contribution in [2.45, 2.75) is 6.61 Å². The maximum absolute atomic E-state index is 5.49. The lowest BCUT2D eigenvalue weighted by atomic mass is 10.3. The second-order valence-electron chi connectivity index (χ2n) is 2.82. The van der Waals surface area contributed by atoms with Crippen LogP contribution in [0.15, 0.2) is 48.7 Å². The molecule has 0 aliphatic carbocycles. The van der Waals surface area contributed by atoms with Crippen molar-refractivity contribution in [2.24, 2.45) is 0 Å². The summed E-state index contributed by atoms with van der Waals surface area (Å²) in [6.07, 6.45) is 1.64. The van der Waals surface area contributed by atoms with Crippen LogP contribution in [0.2, 0.25) is 0 Å². The molecule has 1 aromatic heterocycles. The lowest BCUT2D eigenvalue weighted by Crippen LogP contribution is -1.98. The summed E-state index contributed by atoms with van der Waals surface area (Å²) in [5, 5.41) is 7.69. The lowest BCUT2D eigenvalue weighted by molar-refractivity contribution is 0.300. The molecule has 1 aromatic carbocycles. The molecule has 0 atom stereocenters. The molecule has 0 aliphatic heterocycles. The second kappa shape index (κ2) is 4.37. The lowest BCUT2D eigenvalue weighted by Gasteiger charge is -2.03. The molecule has 2 aromatic rings. The summed E-state index contributed by atoms with van der Waals surface area (Å²) in [5.74, 6) is 0.846. The number of aromatic nitrogens is 2. The molecule has 1 heterocycles. The van der Waals surface area contributed by atoms with Crippen molar-refractivity contribution < 1.29 is 4.74 Å². The van der Waals surface area contributed by atoms with Gasteiger partial charge in [-0.05, 0) is 24.3 Å². The number of hydrogen-bond donors (Lipinski definition) is 0. The summed E-state index contributed by atoms with van der Waals surface area (Å²) >= 11 is 0. The third-order valence-electron chi connectivity index (χ3n) is 1.76. The van der Waals surface area contributed by atoms with E-state index in [2.05, 4.69) is 10.2 Å². The molecule has 0 radical (unpaired) electrons. The molecule has 0 fully saturated rings. The molecule has 70 valence electrons. The Morgan fingerprint density at radius 1 is 1.00 bits per heavy atom. The zero-order chi connectivity index (χ0) is 9.64. The number of nitrogens with zero attached hydrogens (tertiary/aromatic N) is 2. The van der Waals surface area contributed by atoms with Gasteiger partial charge in [-0.15, -0.1) is 0 Å². The maximum atomic E-state index is 5.49. The van der Waals surface area contributed by atoms with Gasteiger partial charge in [0, 0.05) is 6.20 Å². The molecule has 14 heavy (non-hydrogen) atoms. The Morgan fingerprint density at radius 3 is 2.57 bits per heavy atom. The zero-order valence-corrected chi connectivity index (χ0v) is 7.63. The first-order valence-corrected chi connectivity index (χ1v) is 4.39. The van der Waals surface area contributed by atoms with Crippen LogP contribution in [0.1, 0.15) is 5.69 Å². The highest BCUT2D eigenvalue weighted by atomic mass is 16.5. The van der Waals surface area contributed by atoms with E-state index >= 15 is 0 Å². The Hall–Kier alpha value is -1.90. The molecule has 0 N–H and O–H groups in total. The SMILES string of the molecule is c1ccc(OCc2cccnn2)cc1. The Balaban J connectivity index is 1.96. The van der Waals surface area contributed by atoms with Crippen LogP contribution in [0.5, 0.6) is 5.75 Å². The first-order chi connectivity index (χ1) is 6.95. The summed E-state index contributed by atoms with van der Waals surface area (Å²) in [6.45, 7) is 0.456. The normalized spacial score (nSPS) is 9.71. The molecule has 2 rings (SSSR count). The fourth-order valence-electron chi connectivity index (χ4n) is 1.08. The monoisotopic (exact) mass is 186 g/mol. The molecule has 0 bridgehead atoms. The van der Waals surface area contributed by atoms with Crippen molar-refractivity contribution in [1.82, 2.24) is 10.2 Å². The predicted molar refractivity (Wildman–Crippen MR) is 52.8 cm³/mol. The van der Waals surface area contributed by atoms with Gasteiger partial charge in [0.15, 0.2) is 0 Å². The average molecular weight is 186 g/mol. The van der Waals surface area contributed by atoms with Crippen LogP contribution in [0.3, 0.4) is 0 Å². The van der Waals surface area contributed by atoms with Gasteiger partial charge in [0.2, 0.25) is 0 Å². The van der Waals surface area contributed by atoms with E-state index in [-0.39, 0.29) is 0 Å². The van der Waals surface area contributed by atoms with Crippen LogP contribution in [-0.4, -0.2) is 10.2 Å². The number of benzene rings is 1. The van der Waals surface area contributed by atoms with E-state index in [0.717, 1.165) is 11.4 Å². The van der Waals surface area contributed by atoms with Crippen molar-refractivity contribution in [3.8, 4) is 5.75 Å². The Morgan fingerprint density at radius 2 is 1.86 bits per heavy atom. The molecule has 0 amide bonds. The van der Waals surface area contributed by atoms with Gasteiger partial charge in [-0.3, -0.25) is 0 Å². The van der Waals surface area contributed by atoms with Gasteiger partial charge >= 0.3 is 0 Å². The molecule has 0 spiro atoms. The minimum atomic E-state index is 0.456. The van der Waals surface area contributed by atoms with E-state index in [1.54, 1.807) is 6.20 Å². The van der Waals surface area contributed by atoms with Gasteiger partial charge in [0.05, 0.1) is 0 Å². The zero-order valence-electron chi connectivity index (χ0n) is 7.63.